The molecular formula is C18H19NS. The summed E-state index contributed by atoms with van der Waals surface area (Å²) in [4.78, 5) is 1.53. The monoisotopic (exact) mass is 281 g/mol. The summed E-state index contributed by atoms with van der Waals surface area (Å²) in [6.07, 6.45) is 11.4. The van der Waals surface area contributed by atoms with Crippen LogP contribution in [-0.2, 0) is 12.8 Å². The Labute approximate surface area is 124 Å². The van der Waals surface area contributed by atoms with E-state index in [1.54, 1.807) is 0 Å². The molecule has 0 bridgehead atoms. The van der Waals surface area contributed by atoms with E-state index in [-0.39, 0.29) is 0 Å². The topological polar surface area (TPSA) is 23.9 Å². The predicted molar refractivity (Wildman–Crippen MR) is 90.2 cm³/mol. The normalized spacial score (nSPS) is 14.6. The van der Waals surface area contributed by atoms with Gasteiger partial charge in [0.1, 0.15) is 0 Å². The van der Waals surface area contributed by atoms with Gasteiger partial charge in [-0.25, -0.2) is 0 Å². The zero-order valence-electron chi connectivity index (χ0n) is 12.0. The molecule has 0 saturated heterocycles. The van der Waals surface area contributed by atoms with E-state index in [0.717, 1.165) is 12.0 Å². The number of allylic oxidation sites excluding steroid dienone is 3. The Bertz CT molecular complexity index is 731. The molecule has 0 spiro atoms. The summed E-state index contributed by atoms with van der Waals surface area (Å²) in [7, 11) is 0. The Kier molecular flexibility index (Phi) is 3.58. The van der Waals surface area contributed by atoms with Crippen LogP contribution in [-0.4, -0.2) is 6.21 Å². The van der Waals surface area contributed by atoms with Gasteiger partial charge in [0.15, 0.2) is 0 Å². The highest BCUT2D eigenvalue weighted by Gasteiger charge is 2.13. The zero-order valence-corrected chi connectivity index (χ0v) is 12.8. The number of rotatable bonds is 3. The third-order valence-corrected chi connectivity index (χ3v) is 5.18. The van der Waals surface area contributed by atoms with Crippen molar-refractivity contribution in [2.45, 2.75) is 33.1 Å². The van der Waals surface area contributed by atoms with E-state index >= 15 is 0 Å². The molecule has 2 heteroatoms. The van der Waals surface area contributed by atoms with Crippen LogP contribution in [0.25, 0.3) is 16.2 Å². The number of nitrogens with one attached hydrogen (secondary N) is 1. The summed E-state index contributed by atoms with van der Waals surface area (Å²) < 4.78 is 1.41. The number of benzene rings is 1. The van der Waals surface area contributed by atoms with E-state index in [4.69, 9.17) is 5.41 Å². The van der Waals surface area contributed by atoms with Crippen molar-refractivity contribution in [3.63, 3.8) is 0 Å². The van der Waals surface area contributed by atoms with Gasteiger partial charge in [-0.3, -0.25) is 0 Å². The van der Waals surface area contributed by atoms with Gasteiger partial charge in [-0.15, -0.1) is 11.3 Å². The van der Waals surface area contributed by atoms with Crippen molar-refractivity contribution >= 4 is 33.7 Å². The maximum Gasteiger partial charge on any atom is 0.0354 e. The van der Waals surface area contributed by atoms with Gasteiger partial charge in [0.05, 0.1) is 0 Å². The highest BCUT2D eigenvalue weighted by molar-refractivity contribution is 7.19. The van der Waals surface area contributed by atoms with E-state index < -0.39 is 0 Å². The van der Waals surface area contributed by atoms with Gasteiger partial charge in [0.2, 0.25) is 0 Å². The van der Waals surface area contributed by atoms with Crippen LogP contribution < -0.4 is 0 Å². The molecule has 0 fully saturated rings. The Morgan fingerprint density at radius 1 is 1.40 bits per heavy atom. The molecule has 0 radical (unpaired) electrons. The maximum absolute atomic E-state index is 7.26. The minimum Gasteiger partial charge on any atom is -0.308 e. The van der Waals surface area contributed by atoms with Gasteiger partial charge in [-0.1, -0.05) is 18.2 Å². The molecule has 102 valence electrons. The molecule has 1 aliphatic carbocycles. The summed E-state index contributed by atoms with van der Waals surface area (Å²) in [6, 6.07) is 4.68. The van der Waals surface area contributed by atoms with Crippen molar-refractivity contribution in [2.24, 2.45) is 0 Å². The smallest absolute Gasteiger partial charge is 0.0354 e. The summed E-state index contributed by atoms with van der Waals surface area (Å²) in [6.45, 7) is 4.17. The summed E-state index contributed by atoms with van der Waals surface area (Å²) in [5.41, 5.74) is 5.19. The fraction of sp³-hybridized carbons (Fsp3) is 0.278. The van der Waals surface area contributed by atoms with Crippen LogP contribution in [0, 0.1) is 12.3 Å². The van der Waals surface area contributed by atoms with Crippen LogP contribution in [0.3, 0.4) is 0 Å². The fourth-order valence-corrected chi connectivity index (χ4v) is 3.98. The quantitative estimate of drug-likeness (QED) is 0.737. The molecule has 1 N–H and O–H groups in total. The van der Waals surface area contributed by atoms with Crippen LogP contribution in [0.2, 0.25) is 0 Å². The van der Waals surface area contributed by atoms with Crippen molar-refractivity contribution in [1.29, 1.82) is 5.41 Å². The lowest BCUT2D eigenvalue weighted by atomic mass is 9.98. The van der Waals surface area contributed by atoms with Crippen LogP contribution in [0.4, 0.5) is 0 Å². The Balaban J connectivity index is 2.08. The van der Waals surface area contributed by atoms with Crippen molar-refractivity contribution < 1.29 is 0 Å². The van der Waals surface area contributed by atoms with E-state index in [1.165, 1.54) is 50.7 Å². The first-order valence-corrected chi connectivity index (χ1v) is 7.89. The average molecular weight is 281 g/mol. The predicted octanol–water partition coefficient (Wildman–Crippen LogP) is 5.31. The molecule has 0 unspecified atom stereocenters. The van der Waals surface area contributed by atoms with Crippen molar-refractivity contribution in [2.75, 3.05) is 0 Å². The molecular weight excluding hydrogens is 262 g/mol. The lowest BCUT2D eigenvalue weighted by molar-refractivity contribution is 1.02. The van der Waals surface area contributed by atoms with E-state index in [0.29, 0.717) is 0 Å². The lowest BCUT2D eigenvalue weighted by Gasteiger charge is -2.06. The number of fused-ring (bicyclic) bond motifs is 3. The first-order valence-electron chi connectivity index (χ1n) is 7.07. The third-order valence-electron chi connectivity index (χ3n) is 3.96. The molecule has 0 amide bonds. The Hall–Kier alpha value is -1.67. The van der Waals surface area contributed by atoms with Crippen LogP contribution >= 0.6 is 11.3 Å². The fourth-order valence-electron chi connectivity index (χ4n) is 2.69. The van der Waals surface area contributed by atoms with Gasteiger partial charge in [0.25, 0.3) is 0 Å². The second-order valence-corrected chi connectivity index (χ2v) is 6.59. The van der Waals surface area contributed by atoms with Gasteiger partial charge >= 0.3 is 0 Å². The molecule has 1 aromatic heterocycles. The average Bonchev–Trinajstić information content (AvgIpc) is 2.81. The molecule has 0 aliphatic heterocycles. The third kappa shape index (κ3) is 2.36. The number of hydrogen-bond donors (Lipinski definition) is 1. The minimum absolute atomic E-state index is 0.914. The number of aryl methyl sites for hydroxylation is 2. The van der Waals surface area contributed by atoms with Crippen molar-refractivity contribution in [3.05, 3.63) is 51.4 Å². The Morgan fingerprint density at radius 3 is 3.05 bits per heavy atom. The summed E-state index contributed by atoms with van der Waals surface area (Å²) >= 11 is 1.95. The molecule has 1 aliphatic rings. The molecule has 1 aromatic carbocycles. The summed E-state index contributed by atoms with van der Waals surface area (Å²) in [5, 5.41) is 8.66. The molecule has 2 aromatic rings. The van der Waals surface area contributed by atoms with Crippen LogP contribution in [0.1, 0.15) is 34.9 Å². The van der Waals surface area contributed by atoms with E-state index in [9.17, 15) is 0 Å². The van der Waals surface area contributed by atoms with Crippen LogP contribution in [0.5, 0.6) is 0 Å². The van der Waals surface area contributed by atoms with Gasteiger partial charge in [-0.2, -0.15) is 0 Å². The summed E-state index contributed by atoms with van der Waals surface area (Å²) in [5.74, 6) is 0. The van der Waals surface area contributed by atoms with Gasteiger partial charge in [0, 0.05) is 21.2 Å². The largest absolute Gasteiger partial charge is 0.308 e. The number of hydrogen-bond acceptors (Lipinski definition) is 2. The molecule has 0 atom stereocenters. The van der Waals surface area contributed by atoms with E-state index in [2.05, 4.69) is 37.3 Å². The molecule has 1 heterocycles. The lowest BCUT2D eigenvalue weighted by Crippen LogP contribution is -1.90. The van der Waals surface area contributed by atoms with Crippen molar-refractivity contribution in [1.82, 2.24) is 0 Å². The first-order chi connectivity index (χ1) is 9.69. The van der Waals surface area contributed by atoms with Gasteiger partial charge in [-0.05, 0) is 67.5 Å². The standard InChI is InChI=1S/C18H19NS/c1-12(11-19)7-8-14-10-16-15-5-3-4-6-17(15)20-18(16)9-13(14)2/h3,5,7,9-11,19H,4,6,8H2,1-2H3/b12-7-,19-11?. The number of thiophene rings is 1. The maximum atomic E-state index is 7.26. The Morgan fingerprint density at radius 2 is 2.25 bits per heavy atom. The molecule has 3 rings (SSSR count). The highest BCUT2D eigenvalue weighted by atomic mass is 32.1. The van der Waals surface area contributed by atoms with Crippen molar-refractivity contribution in [3.8, 4) is 0 Å². The highest BCUT2D eigenvalue weighted by Crippen LogP contribution is 2.37. The second kappa shape index (κ2) is 5.37. The first kappa shape index (κ1) is 13.3. The van der Waals surface area contributed by atoms with Gasteiger partial charge < -0.3 is 5.41 Å². The van der Waals surface area contributed by atoms with Crippen LogP contribution in [0.15, 0.2) is 29.9 Å². The minimum atomic E-state index is 0.914. The SMILES string of the molecule is C/C(C=N)=C/Cc1cc2c3c(sc2cc1C)CCC=C3. The molecule has 20 heavy (non-hydrogen) atoms. The van der Waals surface area contributed by atoms with E-state index in [1.807, 2.05) is 18.3 Å². The molecule has 1 nitrogen and oxygen atoms in total. The second-order valence-electron chi connectivity index (χ2n) is 5.45. The zero-order chi connectivity index (χ0) is 14.1. The molecule has 0 saturated carbocycles.